The lowest BCUT2D eigenvalue weighted by molar-refractivity contribution is -0.136. The summed E-state index contributed by atoms with van der Waals surface area (Å²) >= 11 is 13.7. The maximum Gasteiger partial charge on any atom is 0.338 e. The molecule has 9 nitrogen and oxygen atoms in total. The van der Waals surface area contributed by atoms with E-state index in [-0.39, 0.29) is 15.7 Å². The van der Waals surface area contributed by atoms with Gasteiger partial charge in [0, 0.05) is 22.2 Å². The number of nitrogens with zero attached hydrogens (tertiary/aromatic N) is 2. The van der Waals surface area contributed by atoms with Crippen molar-refractivity contribution in [1.82, 2.24) is 4.57 Å². The minimum atomic E-state index is -1.10. The first-order chi connectivity index (χ1) is 19.1. The summed E-state index contributed by atoms with van der Waals surface area (Å²) in [6.45, 7) is 1.67. The van der Waals surface area contributed by atoms with Gasteiger partial charge in [0.05, 0.1) is 40.6 Å². The lowest BCUT2D eigenvalue weighted by Gasteiger charge is -2.25. The van der Waals surface area contributed by atoms with Crippen molar-refractivity contribution in [1.29, 1.82) is 0 Å². The van der Waals surface area contributed by atoms with Gasteiger partial charge in [-0.1, -0.05) is 34.5 Å². The fraction of sp³-hybridized carbons (Fsp3) is 0.143. The van der Waals surface area contributed by atoms with Gasteiger partial charge in [0.25, 0.3) is 5.56 Å². The van der Waals surface area contributed by atoms with Crippen LogP contribution in [0.15, 0.2) is 74.0 Å². The van der Waals surface area contributed by atoms with E-state index < -0.39 is 23.5 Å². The average molecular weight is 599 g/mol. The third kappa shape index (κ3) is 4.85. The molecule has 0 amide bonds. The van der Waals surface area contributed by atoms with Crippen LogP contribution in [-0.2, 0) is 9.53 Å². The summed E-state index contributed by atoms with van der Waals surface area (Å²) in [6, 6.07) is 11.6. The molecule has 0 bridgehead atoms. The van der Waals surface area contributed by atoms with Crippen LogP contribution in [0.1, 0.15) is 34.6 Å². The SMILES string of the molecule is COC(=O)C1=C(C)N=c2s/c(=C\c3ccc(-c4cc(C(=O)O)ccc4Cl)o3)c(=O)n2[C@@H]1c1cc(Cl)ccc1OC. The van der Waals surface area contributed by atoms with E-state index in [4.69, 9.17) is 37.1 Å². The minimum absolute atomic E-state index is 0.0545. The second-order valence-electron chi connectivity index (χ2n) is 8.66. The van der Waals surface area contributed by atoms with Crippen LogP contribution in [0.5, 0.6) is 5.75 Å². The highest BCUT2D eigenvalue weighted by molar-refractivity contribution is 7.07. The minimum Gasteiger partial charge on any atom is -0.496 e. The van der Waals surface area contributed by atoms with Crippen molar-refractivity contribution in [2.75, 3.05) is 14.2 Å². The summed E-state index contributed by atoms with van der Waals surface area (Å²) < 4.78 is 18.2. The largest absolute Gasteiger partial charge is 0.496 e. The number of hydrogen-bond acceptors (Lipinski definition) is 8. The molecule has 0 spiro atoms. The molecule has 0 saturated heterocycles. The number of methoxy groups -OCH3 is 2. The molecule has 12 heteroatoms. The summed E-state index contributed by atoms with van der Waals surface area (Å²) in [4.78, 5) is 43.0. The number of aromatic nitrogens is 1. The number of halogens is 2. The number of carbonyl (C=O) groups excluding carboxylic acids is 1. The molecular formula is C28H20Cl2N2O7S. The van der Waals surface area contributed by atoms with E-state index in [1.54, 1.807) is 43.3 Å². The number of carbonyl (C=O) groups is 2. The van der Waals surface area contributed by atoms with Crippen LogP contribution in [0.4, 0.5) is 0 Å². The third-order valence-electron chi connectivity index (χ3n) is 6.29. The fourth-order valence-electron chi connectivity index (χ4n) is 4.46. The quantitative estimate of drug-likeness (QED) is 0.320. The molecule has 1 aliphatic heterocycles. The monoisotopic (exact) mass is 598 g/mol. The lowest BCUT2D eigenvalue weighted by atomic mass is 9.95. The van der Waals surface area contributed by atoms with Gasteiger partial charge in [0.1, 0.15) is 23.3 Å². The van der Waals surface area contributed by atoms with E-state index in [1.807, 2.05) is 0 Å². The van der Waals surface area contributed by atoms with Gasteiger partial charge < -0.3 is 19.0 Å². The standard InChI is InChI=1S/C28H20Cl2N2O7S/c1-13-23(27(36)38-3)24(18-11-15(29)5-8-20(18)37-2)32-25(33)22(40-28(32)31-13)12-16-6-9-21(39-16)17-10-14(26(34)35)4-7-19(17)30/h4-12,24H,1-3H3,(H,34,35)/b22-12-/t24-/m1/s1. The molecule has 5 rings (SSSR count). The first-order valence-electron chi connectivity index (χ1n) is 11.7. The number of allylic oxidation sites excluding steroid dienone is 1. The van der Waals surface area contributed by atoms with E-state index in [0.717, 1.165) is 11.3 Å². The molecule has 0 saturated carbocycles. The van der Waals surface area contributed by atoms with Crippen molar-refractivity contribution >= 4 is 52.6 Å². The van der Waals surface area contributed by atoms with Gasteiger partial charge in [-0.2, -0.15) is 0 Å². The second kappa shape index (κ2) is 10.8. The van der Waals surface area contributed by atoms with Gasteiger partial charge in [-0.15, -0.1) is 0 Å². The number of rotatable bonds is 6. The van der Waals surface area contributed by atoms with Crippen LogP contribution < -0.4 is 19.6 Å². The van der Waals surface area contributed by atoms with E-state index >= 15 is 0 Å². The number of ether oxygens (including phenoxy) is 2. The van der Waals surface area contributed by atoms with Crippen LogP contribution in [0.3, 0.4) is 0 Å². The second-order valence-corrected chi connectivity index (χ2v) is 10.5. The van der Waals surface area contributed by atoms with Gasteiger partial charge in [-0.25, -0.2) is 14.6 Å². The van der Waals surface area contributed by atoms with E-state index in [2.05, 4.69) is 4.99 Å². The first kappa shape index (κ1) is 27.4. The Balaban J connectivity index is 1.67. The molecule has 4 aromatic rings. The zero-order chi connectivity index (χ0) is 28.7. The summed E-state index contributed by atoms with van der Waals surface area (Å²) in [7, 11) is 2.74. The Morgan fingerprint density at radius 2 is 1.90 bits per heavy atom. The lowest BCUT2D eigenvalue weighted by Crippen LogP contribution is -2.40. The highest BCUT2D eigenvalue weighted by Crippen LogP contribution is 2.37. The third-order valence-corrected chi connectivity index (χ3v) is 7.84. The van der Waals surface area contributed by atoms with E-state index in [1.165, 1.54) is 37.0 Å². The molecule has 2 aromatic heterocycles. The van der Waals surface area contributed by atoms with Gasteiger partial charge in [0.15, 0.2) is 4.80 Å². The topological polar surface area (TPSA) is 120 Å². The Hall–Kier alpha value is -4.12. The van der Waals surface area contributed by atoms with Gasteiger partial charge in [-0.3, -0.25) is 9.36 Å². The van der Waals surface area contributed by atoms with Crippen molar-refractivity contribution in [3.63, 3.8) is 0 Å². The van der Waals surface area contributed by atoms with Gasteiger partial charge in [0.2, 0.25) is 0 Å². The Morgan fingerprint density at radius 3 is 2.60 bits per heavy atom. The molecule has 2 aromatic carbocycles. The van der Waals surface area contributed by atoms with Gasteiger partial charge >= 0.3 is 11.9 Å². The van der Waals surface area contributed by atoms with Crippen molar-refractivity contribution in [2.45, 2.75) is 13.0 Å². The van der Waals surface area contributed by atoms with E-state index in [9.17, 15) is 19.5 Å². The number of hydrogen-bond donors (Lipinski definition) is 1. The number of aromatic carboxylic acids is 1. The van der Waals surface area contributed by atoms with Crippen molar-refractivity contribution in [2.24, 2.45) is 4.99 Å². The number of furan rings is 1. The molecule has 0 fully saturated rings. The Labute approximate surface area is 240 Å². The molecule has 1 atom stereocenters. The van der Waals surface area contributed by atoms with Crippen LogP contribution >= 0.6 is 34.5 Å². The molecule has 0 radical (unpaired) electrons. The normalized spacial score (nSPS) is 15.0. The predicted octanol–water partition coefficient (Wildman–Crippen LogP) is 4.68. The van der Waals surface area contributed by atoms with Crippen LogP contribution in [0, 0.1) is 0 Å². The molecule has 40 heavy (non-hydrogen) atoms. The fourth-order valence-corrected chi connectivity index (χ4v) is 5.88. The summed E-state index contributed by atoms with van der Waals surface area (Å²) in [5.41, 5.74) is 1.09. The van der Waals surface area contributed by atoms with Gasteiger partial charge in [-0.05, 0) is 55.5 Å². The number of thiazole rings is 1. The smallest absolute Gasteiger partial charge is 0.338 e. The zero-order valence-corrected chi connectivity index (χ0v) is 23.6. The Bertz CT molecular complexity index is 1900. The maximum absolute atomic E-state index is 13.8. The zero-order valence-electron chi connectivity index (χ0n) is 21.2. The number of carboxylic acid groups (broad SMARTS) is 1. The molecule has 1 N–H and O–H groups in total. The first-order valence-corrected chi connectivity index (χ1v) is 13.3. The van der Waals surface area contributed by atoms with Crippen molar-refractivity contribution in [3.8, 4) is 17.1 Å². The Kier molecular flexibility index (Phi) is 7.41. The molecule has 1 aliphatic rings. The van der Waals surface area contributed by atoms with Crippen LogP contribution in [0.25, 0.3) is 17.4 Å². The predicted molar refractivity (Wildman–Crippen MR) is 150 cm³/mol. The summed E-state index contributed by atoms with van der Waals surface area (Å²) in [5.74, 6) is -0.649. The highest BCUT2D eigenvalue weighted by atomic mass is 35.5. The number of fused-ring (bicyclic) bond motifs is 1. The molecule has 3 heterocycles. The number of esters is 1. The average Bonchev–Trinajstić information content (AvgIpc) is 3.51. The number of benzene rings is 2. The molecule has 204 valence electrons. The molecule has 0 unspecified atom stereocenters. The highest BCUT2D eigenvalue weighted by Gasteiger charge is 2.35. The van der Waals surface area contributed by atoms with Crippen LogP contribution in [-0.4, -0.2) is 35.8 Å². The van der Waals surface area contributed by atoms with Crippen molar-refractivity contribution < 1.29 is 28.6 Å². The van der Waals surface area contributed by atoms with Crippen LogP contribution in [0.2, 0.25) is 10.0 Å². The Morgan fingerprint density at radius 1 is 1.12 bits per heavy atom. The van der Waals surface area contributed by atoms with E-state index in [0.29, 0.717) is 48.9 Å². The summed E-state index contributed by atoms with van der Waals surface area (Å²) in [6.07, 6.45) is 1.55. The summed E-state index contributed by atoms with van der Waals surface area (Å²) in [5, 5.41) is 10.0. The maximum atomic E-state index is 13.8. The molecular weight excluding hydrogens is 579 g/mol. The number of carboxylic acids is 1. The molecule has 0 aliphatic carbocycles. The van der Waals surface area contributed by atoms with Crippen molar-refractivity contribution in [3.05, 3.63) is 106 Å².